The maximum atomic E-state index is 11.9. The number of ether oxygens (including phenoxy) is 1. The number of hydrogen-bond acceptors (Lipinski definition) is 2. The predicted molar refractivity (Wildman–Crippen MR) is 96.7 cm³/mol. The summed E-state index contributed by atoms with van der Waals surface area (Å²) < 4.78 is 6.29. The van der Waals surface area contributed by atoms with E-state index in [9.17, 15) is 4.79 Å². The highest BCUT2D eigenvalue weighted by Gasteiger charge is 2.59. The lowest BCUT2D eigenvalue weighted by atomic mass is 9.47. The quantitative estimate of drug-likeness (QED) is 0.700. The van der Waals surface area contributed by atoms with Crippen molar-refractivity contribution in [3.05, 3.63) is 11.6 Å². The van der Waals surface area contributed by atoms with Crippen molar-refractivity contribution >= 4 is 5.78 Å². The lowest BCUT2D eigenvalue weighted by Gasteiger charge is -2.58. The van der Waals surface area contributed by atoms with Crippen molar-refractivity contribution in [2.45, 2.75) is 84.7 Å². The molecule has 0 aliphatic heterocycles. The van der Waals surface area contributed by atoms with Crippen LogP contribution in [0, 0.1) is 28.6 Å². The van der Waals surface area contributed by atoms with E-state index in [2.05, 4.69) is 20.8 Å². The fourth-order valence-electron chi connectivity index (χ4n) is 7.05. The Kier molecular flexibility index (Phi) is 4.18. The minimum absolute atomic E-state index is 0.306. The number of carbonyl (C=O) groups is 1. The van der Waals surface area contributed by atoms with Gasteiger partial charge in [0.2, 0.25) is 0 Å². The average molecular weight is 331 g/mol. The third kappa shape index (κ3) is 2.35. The van der Waals surface area contributed by atoms with Gasteiger partial charge in [-0.05, 0) is 86.0 Å². The molecule has 0 amide bonds. The standard InChI is InChI=1S/C22H34O2/c1-4-13-24-20-8-7-18-17-6-5-15-14-16(23)9-11-21(15,2)19(17)10-12-22(18,20)3/h14,17-20H,4-13H2,1-3H3/t17-,18+,19+,20-,21-,22-/m0/s1. The molecule has 0 aromatic rings. The Hall–Kier alpha value is -0.630. The van der Waals surface area contributed by atoms with Crippen LogP contribution in [0.4, 0.5) is 0 Å². The van der Waals surface area contributed by atoms with Crippen LogP contribution in [0.15, 0.2) is 11.6 Å². The summed E-state index contributed by atoms with van der Waals surface area (Å²) in [6, 6.07) is 0. The summed E-state index contributed by atoms with van der Waals surface area (Å²) in [5.74, 6) is 2.87. The largest absolute Gasteiger partial charge is 0.378 e. The summed E-state index contributed by atoms with van der Waals surface area (Å²) in [6.07, 6.45) is 13.3. The normalized spacial score (nSPS) is 47.6. The van der Waals surface area contributed by atoms with E-state index in [1.807, 2.05) is 6.08 Å². The van der Waals surface area contributed by atoms with Crippen LogP contribution in [-0.4, -0.2) is 18.5 Å². The van der Waals surface area contributed by atoms with Gasteiger partial charge in [0.25, 0.3) is 0 Å². The molecule has 134 valence electrons. The van der Waals surface area contributed by atoms with Gasteiger partial charge in [-0.15, -0.1) is 0 Å². The van der Waals surface area contributed by atoms with Crippen molar-refractivity contribution < 1.29 is 9.53 Å². The molecule has 3 saturated carbocycles. The van der Waals surface area contributed by atoms with Crippen LogP contribution in [-0.2, 0) is 9.53 Å². The number of fused-ring (bicyclic) bond motifs is 5. The Morgan fingerprint density at radius 1 is 1.08 bits per heavy atom. The molecule has 0 spiro atoms. The molecular weight excluding hydrogens is 296 g/mol. The van der Waals surface area contributed by atoms with Gasteiger partial charge in [-0.1, -0.05) is 26.3 Å². The van der Waals surface area contributed by atoms with E-state index >= 15 is 0 Å². The van der Waals surface area contributed by atoms with E-state index in [4.69, 9.17) is 4.74 Å². The Balaban J connectivity index is 1.59. The van der Waals surface area contributed by atoms with Crippen LogP contribution >= 0.6 is 0 Å². The molecule has 2 nitrogen and oxygen atoms in total. The first-order valence-corrected chi connectivity index (χ1v) is 10.3. The van der Waals surface area contributed by atoms with E-state index < -0.39 is 0 Å². The molecule has 0 saturated heterocycles. The zero-order valence-corrected chi connectivity index (χ0v) is 15.8. The molecule has 4 rings (SSSR count). The van der Waals surface area contributed by atoms with Crippen LogP contribution in [0.1, 0.15) is 78.6 Å². The molecule has 4 aliphatic rings. The lowest BCUT2D eigenvalue weighted by molar-refractivity contribution is -0.118. The molecule has 0 unspecified atom stereocenters. The first-order chi connectivity index (χ1) is 11.5. The molecule has 3 fully saturated rings. The van der Waals surface area contributed by atoms with Crippen molar-refractivity contribution in [3.63, 3.8) is 0 Å². The SMILES string of the molecule is CCCO[C@H]1CC[C@@H]2[C@@H]3CCC4=CC(=O)CC[C@]4(C)[C@@H]3CC[C@]12C. The first-order valence-electron chi connectivity index (χ1n) is 10.3. The average Bonchev–Trinajstić information content (AvgIpc) is 2.90. The van der Waals surface area contributed by atoms with Gasteiger partial charge in [0.15, 0.2) is 5.78 Å². The maximum absolute atomic E-state index is 11.9. The Morgan fingerprint density at radius 2 is 1.92 bits per heavy atom. The number of allylic oxidation sites excluding steroid dienone is 1. The van der Waals surface area contributed by atoms with E-state index in [-0.39, 0.29) is 0 Å². The third-order valence-electron chi connectivity index (χ3n) is 8.40. The molecule has 0 aromatic carbocycles. The summed E-state index contributed by atoms with van der Waals surface area (Å²) in [6.45, 7) is 8.14. The Bertz CT molecular complexity index is 550. The summed E-state index contributed by atoms with van der Waals surface area (Å²) in [7, 11) is 0. The molecule has 24 heavy (non-hydrogen) atoms. The molecule has 0 aromatic heterocycles. The highest BCUT2D eigenvalue weighted by Crippen LogP contribution is 2.65. The fraction of sp³-hybridized carbons (Fsp3) is 0.864. The Morgan fingerprint density at radius 3 is 2.71 bits per heavy atom. The summed E-state index contributed by atoms with van der Waals surface area (Å²) in [4.78, 5) is 11.9. The van der Waals surface area contributed by atoms with Gasteiger partial charge in [-0.2, -0.15) is 0 Å². The number of hydrogen-bond donors (Lipinski definition) is 0. The van der Waals surface area contributed by atoms with Crippen molar-refractivity contribution in [3.8, 4) is 0 Å². The van der Waals surface area contributed by atoms with E-state index in [1.165, 1.54) is 37.7 Å². The first kappa shape index (κ1) is 16.8. The van der Waals surface area contributed by atoms with Gasteiger partial charge >= 0.3 is 0 Å². The van der Waals surface area contributed by atoms with Gasteiger partial charge in [-0.3, -0.25) is 4.79 Å². The number of rotatable bonds is 3. The van der Waals surface area contributed by atoms with Gasteiger partial charge in [-0.25, -0.2) is 0 Å². The molecule has 6 atom stereocenters. The fourth-order valence-corrected chi connectivity index (χ4v) is 7.05. The van der Waals surface area contributed by atoms with E-state index in [0.717, 1.165) is 50.0 Å². The highest BCUT2D eigenvalue weighted by molar-refractivity contribution is 5.91. The van der Waals surface area contributed by atoms with Gasteiger partial charge < -0.3 is 4.74 Å². The topological polar surface area (TPSA) is 26.3 Å². The number of carbonyl (C=O) groups excluding carboxylic acids is 1. The van der Waals surface area contributed by atoms with Crippen LogP contribution < -0.4 is 0 Å². The highest BCUT2D eigenvalue weighted by atomic mass is 16.5. The monoisotopic (exact) mass is 330 g/mol. The molecular formula is C22H34O2. The van der Waals surface area contributed by atoms with Gasteiger partial charge in [0.1, 0.15) is 0 Å². The lowest BCUT2D eigenvalue weighted by Crippen LogP contribution is -2.51. The van der Waals surface area contributed by atoms with E-state index in [1.54, 1.807) is 0 Å². The van der Waals surface area contributed by atoms with Crippen molar-refractivity contribution in [1.29, 1.82) is 0 Å². The predicted octanol–water partition coefficient (Wildman–Crippen LogP) is 5.31. The second-order valence-corrected chi connectivity index (χ2v) is 9.45. The minimum atomic E-state index is 0.306. The molecule has 2 heteroatoms. The van der Waals surface area contributed by atoms with Crippen molar-refractivity contribution in [2.24, 2.45) is 28.6 Å². The van der Waals surface area contributed by atoms with Gasteiger partial charge in [0, 0.05) is 13.0 Å². The molecule has 0 N–H and O–H groups in total. The smallest absolute Gasteiger partial charge is 0.155 e. The maximum Gasteiger partial charge on any atom is 0.155 e. The molecule has 0 bridgehead atoms. The summed E-state index contributed by atoms with van der Waals surface area (Å²) in [5, 5.41) is 0. The second kappa shape index (κ2) is 5.97. The van der Waals surface area contributed by atoms with Crippen LogP contribution in [0.25, 0.3) is 0 Å². The minimum Gasteiger partial charge on any atom is -0.378 e. The molecule has 0 radical (unpaired) electrons. The zero-order chi connectivity index (χ0) is 16.9. The van der Waals surface area contributed by atoms with E-state index in [0.29, 0.717) is 22.7 Å². The second-order valence-electron chi connectivity index (χ2n) is 9.45. The van der Waals surface area contributed by atoms with Crippen LogP contribution in [0.2, 0.25) is 0 Å². The molecule has 0 heterocycles. The Labute approximate surface area is 147 Å². The third-order valence-corrected chi connectivity index (χ3v) is 8.40. The van der Waals surface area contributed by atoms with Crippen molar-refractivity contribution in [1.82, 2.24) is 0 Å². The van der Waals surface area contributed by atoms with Gasteiger partial charge in [0.05, 0.1) is 6.10 Å². The number of ketones is 1. The van der Waals surface area contributed by atoms with Crippen LogP contribution in [0.5, 0.6) is 0 Å². The summed E-state index contributed by atoms with van der Waals surface area (Å²) >= 11 is 0. The molecule has 4 aliphatic carbocycles. The summed E-state index contributed by atoms with van der Waals surface area (Å²) in [5.41, 5.74) is 2.19. The van der Waals surface area contributed by atoms with Crippen LogP contribution in [0.3, 0.4) is 0 Å². The van der Waals surface area contributed by atoms with Crippen molar-refractivity contribution in [2.75, 3.05) is 6.61 Å². The zero-order valence-electron chi connectivity index (χ0n) is 15.8.